The highest BCUT2D eigenvalue weighted by Gasteiger charge is 2.39. The van der Waals surface area contributed by atoms with Crippen molar-refractivity contribution in [3.8, 4) is 0 Å². The molecule has 0 heterocycles. The molecule has 18 heavy (non-hydrogen) atoms. The van der Waals surface area contributed by atoms with Gasteiger partial charge in [0.2, 0.25) is 0 Å². The van der Waals surface area contributed by atoms with Crippen molar-refractivity contribution in [2.75, 3.05) is 26.4 Å². The van der Waals surface area contributed by atoms with Crippen LogP contribution in [0.15, 0.2) is 0 Å². The molecule has 7 heteroatoms. The summed E-state index contributed by atoms with van der Waals surface area (Å²) in [7, 11) is -2.40. The maximum Gasteiger partial charge on any atom is 0.500 e. The molecule has 0 aromatic rings. The predicted octanol–water partition coefficient (Wildman–Crippen LogP) is 1.47. The maximum atomic E-state index is 9.00. The molecule has 0 fully saturated rings. The summed E-state index contributed by atoms with van der Waals surface area (Å²) < 4.78 is 17.0. The Hall–Kier alpha value is -0.473. The first-order chi connectivity index (χ1) is 8.47. The van der Waals surface area contributed by atoms with Gasteiger partial charge in [-0.2, -0.15) is 0 Å². The van der Waals surface area contributed by atoms with E-state index in [-0.39, 0.29) is 0 Å². The van der Waals surface area contributed by atoms with Crippen molar-refractivity contribution in [1.82, 2.24) is 0 Å². The molecule has 0 aliphatic carbocycles. The molecule has 0 aromatic carbocycles. The monoisotopic (exact) mass is 281 g/mol. The number of rotatable bonds is 9. The zero-order valence-corrected chi connectivity index (χ0v) is 12.9. The average molecular weight is 281 g/mol. The third-order valence-electron chi connectivity index (χ3n) is 1.78. The number of hydrogen-bond acceptors (Lipinski definition) is 5. The second-order valence-electron chi connectivity index (χ2n) is 3.39. The Morgan fingerprint density at radius 2 is 1.44 bits per heavy atom. The fraction of sp³-hybridized carbons (Fsp3) is 0.909. The Kier molecular flexibility index (Phi) is 14.3. The number of carboxylic acid groups (broad SMARTS) is 1. The van der Waals surface area contributed by atoms with E-state index in [2.05, 4.69) is 0 Å². The molecule has 0 aromatic heterocycles. The first kappa shape index (κ1) is 19.9. The van der Waals surface area contributed by atoms with Gasteiger partial charge >= 0.3 is 8.80 Å². The summed E-state index contributed by atoms with van der Waals surface area (Å²) in [6.07, 6.45) is 0.895. The topological polar surface area (TPSA) is 91.0 Å². The van der Waals surface area contributed by atoms with Crippen LogP contribution in [0.1, 0.15) is 34.1 Å². The van der Waals surface area contributed by atoms with Crippen LogP contribution >= 0.6 is 0 Å². The Morgan fingerprint density at radius 3 is 1.67 bits per heavy atom. The smallest absolute Gasteiger partial charge is 0.481 e. The molecule has 0 aliphatic heterocycles. The van der Waals surface area contributed by atoms with E-state index < -0.39 is 14.8 Å². The quantitative estimate of drug-likeness (QED) is 0.622. The van der Waals surface area contributed by atoms with Crippen molar-refractivity contribution in [3.05, 3.63) is 0 Å². The van der Waals surface area contributed by atoms with Crippen LogP contribution in [0.4, 0.5) is 0 Å². The summed E-state index contributed by atoms with van der Waals surface area (Å²) in [5, 5.41) is 7.42. The normalized spacial score (nSPS) is 10.7. The van der Waals surface area contributed by atoms with Crippen molar-refractivity contribution < 1.29 is 23.2 Å². The van der Waals surface area contributed by atoms with Gasteiger partial charge in [-0.05, 0) is 33.7 Å². The number of aliphatic carboxylic acids is 1. The fourth-order valence-electron chi connectivity index (χ4n) is 1.32. The molecule has 0 saturated carbocycles. The minimum Gasteiger partial charge on any atom is -0.481 e. The summed E-state index contributed by atoms with van der Waals surface area (Å²) in [6, 6.07) is 0.818. The lowest BCUT2D eigenvalue weighted by atomic mass is 10.5. The Bertz CT molecular complexity index is 183. The molecule has 0 rings (SSSR count). The molecule has 0 aliphatic rings. The van der Waals surface area contributed by atoms with Gasteiger partial charge in [0, 0.05) is 32.8 Å². The third kappa shape index (κ3) is 12.0. The summed E-state index contributed by atoms with van der Waals surface area (Å²) in [6.45, 7) is 9.53. The standard InChI is InChI=1S/C9H23NO3Si.C2H4O2/c1-4-11-14(12-5-2,13-6-3)9-7-8-10;1-2(3)4/h4-10H2,1-3H3;1H3,(H,3,4). The number of nitrogens with two attached hydrogens (primary N) is 1. The summed E-state index contributed by atoms with van der Waals surface area (Å²) >= 11 is 0. The molecule has 0 radical (unpaired) electrons. The van der Waals surface area contributed by atoms with Crippen LogP contribution in [0.2, 0.25) is 6.04 Å². The summed E-state index contributed by atoms with van der Waals surface area (Å²) in [5.41, 5.74) is 5.48. The molecule has 0 bridgehead atoms. The first-order valence-electron chi connectivity index (χ1n) is 6.29. The van der Waals surface area contributed by atoms with Crippen LogP contribution in [0.25, 0.3) is 0 Å². The highest BCUT2D eigenvalue weighted by atomic mass is 28.4. The lowest BCUT2D eigenvalue weighted by molar-refractivity contribution is -0.134. The van der Waals surface area contributed by atoms with Crippen LogP contribution < -0.4 is 5.73 Å². The average Bonchev–Trinajstić information content (AvgIpc) is 2.27. The maximum absolute atomic E-state index is 9.00. The Labute approximate surface area is 111 Å². The van der Waals surface area contributed by atoms with Gasteiger partial charge in [0.1, 0.15) is 0 Å². The highest BCUT2D eigenvalue weighted by Crippen LogP contribution is 2.17. The van der Waals surface area contributed by atoms with Crippen LogP contribution in [0.5, 0.6) is 0 Å². The SMILES string of the molecule is CC(=O)O.CCO[Si](CCCN)(OCC)OCC. The van der Waals surface area contributed by atoms with Gasteiger partial charge in [0.25, 0.3) is 5.97 Å². The first-order valence-corrected chi connectivity index (χ1v) is 8.22. The molecule has 0 saturated heterocycles. The zero-order chi connectivity index (χ0) is 14.4. The van der Waals surface area contributed by atoms with Gasteiger partial charge in [-0.15, -0.1) is 0 Å². The number of carboxylic acids is 1. The van der Waals surface area contributed by atoms with E-state index in [0.29, 0.717) is 26.4 Å². The predicted molar refractivity (Wildman–Crippen MR) is 72.4 cm³/mol. The highest BCUT2D eigenvalue weighted by molar-refractivity contribution is 6.60. The van der Waals surface area contributed by atoms with Gasteiger partial charge in [-0.3, -0.25) is 4.79 Å². The van der Waals surface area contributed by atoms with Crippen molar-refractivity contribution in [2.24, 2.45) is 5.73 Å². The Morgan fingerprint density at radius 1 is 1.11 bits per heavy atom. The van der Waals surface area contributed by atoms with Crippen molar-refractivity contribution in [1.29, 1.82) is 0 Å². The fourth-order valence-corrected chi connectivity index (χ4v) is 3.96. The zero-order valence-electron chi connectivity index (χ0n) is 11.9. The van der Waals surface area contributed by atoms with Gasteiger partial charge in [-0.1, -0.05) is 0 Å². The molecule has 3 N–H and O–H groups in total. The minimum atomic E-state index is -2.40. The molecule has 0 atom stereocenters. The molecular weight excluding hydrogens is 254 g/mol. The van der Waals surface area contributed by atoms with E-state index >= 15 is 0 Å². The second-order valence-corrected chi connectivity index (χ2v) is 6.13. The summed E-state index contributed by atoms with van der Waals surface area (Å²) in [5.74, 6) is -0.833. The van der Waals surface area contributed by atoms with Crippen LogP contribution in [0.3, 0.4) is 0 Å². The number of hydrogen-bond donors (Lipinski definition) is 2. The van der Waals surface area contributed by atoms with E-state index in [1.807, 2.05) is 20.8 Å². The lowest BCUT2D eigenvalue weighted by Gasteiger charge is -2.28. The van der Waals surface area contributed by atoms with Gasteiger partial charge in [0.15, 0.2) is 0 Å². The van der Waals surface area contributed by atoms with E-state index in [9.17, 15) is 0 Å². The molecule has 0 amide bonds. The molecule has 0 spiro atoms. The summed E-state index contributed by atoms with van der Waals surface area (Å²) in [4.78, 5) is 9.00. The molecule has 0 unspecified atom stereocenters. The van der Waals surface area contributed by atoms with Crippen LogP contribution in [-0.2, 0) is 18.1 Å². The van der Waals surface area contributed by atoms with E-state index in [4.69, 9.17) is 28.9 Å². The molecular formula is C11H27NO5Si. The largest absolute Gasteiger partial charge is 0.500 e. The van der Waals surface area contributed by atoms with Crippen LogP contribution in [-0.4, -0.2) is 46.2 Å². The van der Waals surface area contributed by atoms with Crippen molar-refractivity contribution >= 4 is 14.8 Å². The Balaban J connectivity index is 0. The van der Waals surface area contributed by atoms with Gasteiger partial charge in [-0.25, -0.2) is 0 Å². The van der Waals surface area contributed by atoms with Gasteiger partial charge in [0.05, 0.1) is 0 Å². The molecule has 6 nitrogen and oxygen atoms in total. The third-order valence-corrected chi connectivity index (χ3v) is 4.93. The van der Waals surface area contributed by atoms with E-state index in [1.54, 1.807) is 0 Å². The van der Waals surface area contributed by atoms with Crippen LogP contribution in [0, 0.1) is 0 Å². The van der Waals surface area contributed by atoms with E-state index in [1.165, 1.54) is 0 Å². The minimum absolute atomic E-state index is 0.636. The van der Waals surface area contributed by atoms with Gasteiger partial charge < -0.3 is 24.1 Å². The number of carbonyl (C=O) groups is 1. The van der Waals surface area contributed by atoms with Crippen molar-refractivity contribution in [2.45, 2.75) is 40.2 Å². The van der Waals surface area contributed by atoms with E-state index in [0.717, 1.165) is 19.4 Å². The second kappa shape index (κ2) is 13.0. The lowest BCUT2D eigenvalue weighted by Crippen LogP contribution is -2.46. The van der Waals surface area contributed by atoms with Crippen molar-refractivity contribution in [3.63, 3.8) is 0 Å². The molecule has 110 valence electrons.